The summed E-state index contributed by atoms with van der Waals surface area (Å²) < 4.78 is 9.80. The van der Waals surface area contributed by atoms with Gasteiger partial charge in [0.25, 0.3) is 0 Å². The van der Waals surface area contributed by atoms with Gasteiger partial charge in [-0.15, -0.1) is 0 Å². The van der Waals surface area contributed by atoms with E-state index >= 15 is 0 Å². The SMILES string of the molecule is COCC(=O)NCCCCC(NC(=O)COC)C(=O)N1CCC2(CC1)c1cc(C)ccc1-c1ccc(C)cc12. The van der Waals surface area contributed by atoms with Crippen molar-refractivity contribution in [3.05, 3.63) is 58.7 Å². The van der Waals surface area contributed by atoms with Crippen molar-refractivity contribution in [2.45, 2.75) is 57.4 Å². The van der Waals surface area contributed by atoms with Gasteiger partial charge in [-0.3, -0.25) is 14.4 Å². The van der Waals surface area contributed by atoms with Crippen LogP contribution in [0.2, 0.25) is 0 Å². The number of amides is 3. The van der Waals surface area contributed by atoms with Crippen molar-refractivity contribution in [3.63, 3.8) is 0 Å². The first kappa shape index (κ1) is 28.8. The number of piperidine rings is 1. The Hall–Kier alpha value is -3.23. The number of aryl methyl sites for hydroxylation is 2. The molecular formula is C31H41N3O5. The molecule has 2 aromatic carbocycles. The van der Waals surface area contributed by atoms with Crippen molar-refractivity contribution in [2.24, 2.45) is 0 Å². The zero-order chi connectivity index (χ0) is 28.0. The van der Waals surface area contributed by atoms with Crippen LogP contribution in [-0.2, 0) is 29.3 Å². The van der Waals surface area contributed by atoms with Crippen LogP contribution in [0.5, 0.6) is 0 Å². The standard InChI is InChI=1S/C31H41N3O5/c1-21-8-10-23-24-11-9-22(2)18-26(24)31(25(23)17-21)12-15-34(16-13-31)30(37)27(33-29(36)20-39-4)7-5-6-14-32-28(35)19-38-3/h8-11,17-18,27H,5-7,12-16,19-20H2,1-4H3,(H,32,35)(H,33,36). The molecule has 1 aliphatic heterocycles. The highest BCUT2D eigenvalue weighted by Crippen LogP contribution is 2.54. The van der Waals surface area contributed by atoms with Crippen LogP contribution in [0.25, 0.3) is 11.1 Å². The van der Waals surface area contributed by atoms with Crippen LogP contribution < -0.4 is 10.6 Å². The van der Waals surface area contributed by atoms with Crippen molar-refractivity contribution in [2.75, 3.05) is 47.1 Å². The van der Waals surface area contributed by atoms with Gasteiger partial charge in [0.1, 0.15) is 19.3 Å². The molecule has 0 bridgehead atoms. The van der Waals surface area contributed by atoms with Crippen LogP contribution in [0.15, 0.2) is 36.4 Å². The van der Waals surface area contributed by atoms with Crippen molar-refractivity contribution >= 4 is 17.7 Å². The monoisotopic (exact) mass is 535 g/mol. The second-order valence-corrected chi connectivity index (χ2v) is 10.8. The molecule has 0 radical (unpaired) electrons. The maximum Gasteiger partial charge on any atom is 0.246 e. The van der Waals surface area contributed by atoms with Crippen molar-refractivity contribution in [1.82, 2.24) is 15.5 Å². The number of nitrogens with one attached hydrogen (secondary N) is 2. The number of likely N-dealkylation sites (tertiary alicyclic amines) is 1. The summed E-state index contributed by atoms with van der Waals surface area (Å²) >= 11 is 0. The number of fused-ring (bicyclic) bond motifs is 5. The first-order valence-electron chi connectivity index (χ1n) is 13.8. The molecule has 2 N–H and O–H groups in total. The topological polar surface area (TPSA) is 97.0 Å². The molecule has 1 unspecified atom stereocenters. The third-order valence-electron chi connectivity index (χ3n) is 8.03. The fraction of sp³-hybridized carbons (Fsp3) is 0.516. The first-order chi connectivity index (χ1) is 18.8. The fourth-order valence-electron chi connectivity index (χ4n) is 6.10. The molecule has 1 spiro atoms. The molecule has 210 valence electrons. The summed E-state index contributed by atoms with van der Waals surface area (Å²) in [5, 5.41) is 5.68. The third-order valence-corrected chi connectivity index (χ3v) is 8.03. The summed E-state index contributed by atoms with van der Waals surface area (Å²) in [6.07, 6.45) is 3.58. The Morgan fingerprint density at radius 1 is 0.872 bits per heavy atom. The van der Waals surface area contributed by atoms with Gasteiger partial charge in [-0.25, -0.2) is 0 Å². The maximum atomic E-state index is 13.7. The van der Waals surface area contributed by atoms with Gasteiger partial charge in [-0.1, -0.05) is 47.5 Å². The highest BCUT2D eigenvalue weighted by molar-refractivity contribution is 5.88. The lowest BCUT2D eigenvalue weighted by atomic mass is 9.70. The Morgan fingerprint density at radius 3 is 2.00 bits per heavy atom. The molecule has 0 saturated carbocycles. The average Bonchev–Trinajstić information content (AvgIpc) is 3.16. The van der Waals surface area contributed by atoms with Crippen molar-refractivity contribution < 1.29 is 23.9 Å². The highest BCUT2D eigenvalue weighted by Gasteiger charge is 2.46. The predicted octanol–water partition coefficient (Wildman–Crippen LogP) is 3.26. The summed E-state index contributed by atoms with van der Waals surface area (Å²) in [5.41, 5.74) is 7.74. The number of methoxy groups -OCH3 is 2. The summed E-state index contributed by atoms with van der Waals surface area (Å²) in [6, 6.07) is 12.9. The summed E-state index contributed by atoms with van der Waals surface area (Å²) in [5.74, 6) is -0.520. The Bertz CT molecular complexity index is 1150. The van der Waals surface area contributed by atoms with Crippen molar-refractivity contribution in [1.29, 1.82) is 0 Å². The van der Waals surface area contributed by atoms with Gasteiger partial charge >= 0.3 is 0 Å². The molecule has 1 fully saturated rings. The zero-order valence-electron chi connectivity index (χ0n) is 23.6. The smallest absolute Gasteiger partial charge is 0.246 e. The van der Waals surface area contributed by atoms with E-state index in [9.17, 15) is 14.4 Å². The van der Waals surface area contributed by atoms with E-state index < -0.39 is 6.04 Å². The molecule has 1 atom stereocenters. The molecule has 1 heterocycles. The number of ether oxygens (including phenoxy) is 2. The molecule has 39 heavy (non-hydrogen) atoms. The van der Waals surface area contributed by atoms with Crippen LogP contribution in [0, 0.1) is 13.8 Å². The predicted molar refractivity (Wildman–Crippen MR) is 150 cm³/mol. The van der Waals surface area contributed by atoms with Crippen LogP contribution >= 0.6 is 0 Å². The van der Waals surface area contributed by atoms with E-state index in [0.717, 1.165) is 12.8 Å². The molecule has 3 amide bonds. The van der Waals surface area contributed by atoms with Gasteiger partial charge in [0.2, 0.25) is 17.7 Å². The van der Waals surface area contributed by atoms with E-state index in [1.807, 2.05) is 4.90 Å². The number of hydrogen-bond acceptors (Lipinski definition) is 5. The van der Waals surface area contributed by atoms with Crippen LogP contribution in [-0.4, -0.2) is 75.7 Å². The minimum Gasteiger partial charge on any atom is -0.375 e. The highest BCUT2D eigenvalue weighted by atomic mass is 16.5. The lowest BCUT2D eigenvalue weighted by Gasteiger charge is -2.42. The van der Waals surface area contributed by atoms with Gasteiger partial charge in [0.05, 0.1) is 0 Å². The number of hydrogen-bond donors (Lipinski definition) is 2. The van der Waals surface area contributed by atoms with E-state index in [2.05, 4.69) is 60.9 Å². The molecular weight excluding hydrogens is 494 g/mol. The zero-order valence-corrected chi connectivity index (χ0v) is 23.6. The fourth-order valence-corrected chi connectivity index (χ4v) is 6.10. The maximum absolute atomic E-state index is 13.7. The third kappa shape index (κ3) is 6.34. The largest absolute Gasteiger partial charge is 0.375 e. The second kappa shape index (κ2) is 12.7. The molecule has 0 aromatic heterocycles. The van der Waals surface area contributed by atoms with E-state index in [-0.39, 0.29) is 36.4 Å². The average molecular weight is 536 g/mol. The van der Waals surface area contributed by atoms with Gasteiger partial charge in [-0.05, 0) is 68.2 Å². The number of unbranched alkanes of at least 4 members (excludes halogenated alkanes) is 1. The normalized spacial score (nSPS) is 15.9. The summed E-state index contributed by atoms with van der Waals surface area (Å²) in [6.45, 7) is 5.96. The van der Waals surface area contributed by atoms with Gasteiger partial charge < -0.3 is 25.0 Å². The van der Waals surface area contributed by atoms with Gasteiger partial charge in [0, 0.05) is 39.3 Å². The lowest BCUT2D eigenvalue weighted by molar-refractivity contribution is -0.138. The number of rotatable bonds is 11. The molecule has 8 heteroatoms. The van der Waals surface area contributed by atoms with Gasteiger partial charge in [-0.2, -0.15) is 0 Å². The molecule has 2 aromatic rings. The quantitative estimate of drug-likeness (QED) is 0.431. The Balaban J connectivity index is 1.45. The summed E-state index contributed by atoms with van der Waals surface area (Å²) in [7, 11) is 2.94. The Morgan fingerprint density at radius 2 is 1.44 bits per heavy atom. The first-order valence-corrected chi connectivity index (χ1v) is 13.8. The van der Waals surface area contributed by atoms with Crippen LogP contribution in [0.3, 0.4) is 0 Å². The minimum absolute atomic E-state index is 0.0265. The number of nitrogens with zero attached hydrogens (tertiary/aromatic N) is 1. The van der Waals surface area contributed by atoms with Crippen LogP contribution in [0.1, 0.15) is 54.4 Å². The molecule has 2 aliphatic rings. The number of benzene rings is 2. The molecule has 8 nitrogen and oxygen atoms in total. The Kier molecular flexibility index (Phi) is 9.40. The molecule has 4 rings (SSSR count). The van der Waals surface area contributed by atoms with E-state index in [4.69, 9.17) is 9.47 Å². The van der Waals surface area contributed by atoms with Crippen molar-refractivity contribution in [3.8, 4) is 11.1 Å². The van der Waals surface area contributed by atoms with E-state index in [1.165, 1.54) is 47.6 Å². The minimum atomic E-state index is -0.621. The number of carbonyl (C=O) groups excluding carboxylic acids is 3. The number of carbonyl (C=O) groups is 3. The lowest BCUT2D eigenvalue weighted by Crippen LogP contribution is -2.53. The molecule has 1 saturated heterocycles. The van der Waals surface area contributed by atoms with E-state index in [0.29, 0.717) is 38.9 Å². The van der Waals surface area contributed by atoms with Crippen LogP contribution in [0.4, 0.5) is 0 Å². The second-order valence-electron chi connectivity index (χ2n) is 10.8. The summed E-state index contributed by atoms with van der Waals surface area (Å²) in [4.78, 5) is 39.5. The Labute approximate surface area is 231 Å². The van der Waals surface area contributed by atoms with Gasteiger partial charge in [0.15, 0.2) is 0 Å². The molecule has 1 aliphatic carbocycles. The van der Waals surface area contributed by atoms with E-state index in [1.54, 1.807) is 0 Å².